The summed E-state index contributed by atoms with van der Waals surface area (Å²) in [5, 5.41) is 6.38. The van der Waals surface area contributed by atoms with Gasteiger partial charge in [-0.05, 0) is 33.3 Å². The van der Waals surface area contributed by atoms with E-state index in [4.69, 9.17) is 4.74 Å². The summed E-state index contributed by atoms with van der Waals surface area (Å²) in [5.74, 6) is 0. The zero-order valence-corrected chi connectivity index (χ0v) is 8.79. The summed E-state index contributed by atoms with van der Waals surface area (Å²) in [5.41, 5.74) is 1.11. The van der Waals surface area contributed by atoms with Crippen LogP contribution in [0.3, 0.4) is 0 Å². The second-order valence-corrected chi connectivity index (χ2v) is 3.67. The zero-order chi connectivity index (χ0) is 10.3. The summed E-state index contributed by atoms with van der Waals surface area (Å²) in [6.45, 7) is 11.4. The summed E-state index contributed by atoms with van der Waals surface area (Å²) in [7, 11) is 0. The van der Waals surface area contributed by atoms with Crippen LogP contribution in [0.1, 0.15) is 26.3 Å². The first-order chi connectivity index (χ1) is 5.95. The molecule has 0 bridgehead atoms. The molecule has 74 valence electrons. The Morgan fingerprint density at radius 3 is 2.23 bits per heavy atom. The third kappa shape index (κ3) is 8.66. The van der Waals surface area contributed by atoms with Gasteiger partial charge < -0.3 is 4.74 Å². The normalized spacial score (nSPS) is 9.85. The molecule has 3 nitrogen and oxygen atoms in total. The van der Waals surface area contributed by atoms with E-state index in [9.17, 15) is 0 Å². The minimum absolute atomic E-state index is 0.0677. The number of aromatic amines is 1. The molecule has 0 saturated heterocycles. The molecular formula is C10H18N2O. The molecule has 13 heavy (non-hydrogen) atoms. The fourth-order valence-electron chi connectivity index (χ4n) is 0.565. The topological polar surface area (TPSA) is 37.9 Å². The van der Waals surface area contributed by atoms with Crippen molar-refractivity contribution in [2.75, 3.05) is 0 Å². The van der Waals surface area contributed by atoms with Crippen LogP contribution in [0.5, 0.6) is 0 Å². The lowest BCUT2D eigenvalue weighted by molar-refractivity contribution is 0.0775. The highest BCUT2D eigenvalue weighted by molar-refractivity contribution is 4.96. The molecule has 1 rings (SSSR count). The molecule has 1 N–H and O–H groups in total. The maximum absolute atomic E-state index is 4.99. The van der Waals surface area contributed by atoms with E-state index >= 15 is 0 Å². The maximum Gasteiger partial charge on any atom is 0.0997 e. The van der Waals surface area contributed by atoms with E-state index in [1.165, 1.54) is 11.8 Å². The largest absolute Gasteiger partial charge is 0.496 e. The van der Waals surface area contributed by atoms with E-state index in [1.54, 1.807) is 6.20 Å². The maximum atomic E-state index is 4.99. The number of nitrogens with zero attached hydrogens (tertiary/aromatic N) is 1. The van der Waals surface area contributed by atoms with Crippen LogP contribution in [-0.2, 0) is 4.74 Å². The number of nitrogens with one attached hydrogen (secondary N) is 1. The van der Waals surface area contributed by atoms with Gasteiger partial charge in [0, 0.05) is 6.20 Å². The quantitative estimate of drug-likeness (QED) is 0.678. The third-order valence-electron chi connectivity index (χ3n) is 1.07. The Morgan fingerprint density at radius 1 is 1.54 bits per heavy atom. The number of hydrogen-bond donors (Lipinski definition) is 1. The number of rotatable bonds is 1. The Labute approximate surface area is 79.8 Å². The average Bonchev–Trinajstić information content (AvgIpc) is 2.38. The van der Waals surface area contributed by atoms with Crippen molar-refractivity contribution < 1.29 is 4.74 Å². The summed E-state index contributed by atoms with van der Waals surface area (Å²) in [6, 6.07) is 0. The van der Waals surface area contributed by atoms with E-state index in [1.807, 2.05) is 33.9 Å². The van der Waals surface area contributed by atoms with Crippen molar-refractivity contribution in [2.24, 2.45) is 0 Å². The number of H-pyrrole nitrogens is 1. The van der Waals surface area contributed by atoms with Gasteiger partial charge in [-0.15, -0.1) is 0 Å². The Morgan fingerprint density at radius 2 is 2.15 bits per heavy atom. The van der Waals surface area contributed by atoms with Crippen molar-refractivity contribution in [1.29, 1.82) is 0 Å². The van der Waals surface area contributed by atoms with Crippen molar-refractivity contribution >= 4 is 0 Å². The molecule has 0 spiro atoms. The summed E-state index contributed by atoms with van der Waals surface area (Å²) in [6.07, 6.45) is 5.08. The summed E-state index contributed by atoms with van der Waals surface area (Å²) in [4.78, 5) is 0. The van der Waals surface area contributed by atoms with Crippen LogP contribution < -0.4 is 0 Å². The molecular weight excluding hydrogens is 164 g/mol. The van der Waals surface area contributed by atoms with Gasteiger partial charge in [0.05, 0.1) is 18.1 Å². The summed E-state index contributed by atoms with van der Waals surface area (Å²) >= 11 is 0. The number of aryl methyl sites for hydroxylation is 1. The van der Waals surface area contributed by atoms with Gasteiger partial charge in [-0.3, -0.25) is 5.10 Å². The Bertz CT molecular complexity index is 222. The van der Waals surface area contributed by atoms with Crippen LogP contribution >= 0.6 is 0 Å². The highest BCUT2D eigenvalue weighted by atomic mass is 16.5. The monoisotopic (exact) mass is 182 g/mol. The van der Waals surface area contributed by atoms with Gasteiger partial charge in [0.2, 0.25) is 0 Å². The first-order valence-corrected chi connectivity index (χ1v) is 4.20. The van der Waals surface area contributed by atoms with Gasteiger partial charge in [-0.2, -0.15) is 5.10 Å². The van der Waals surface area contributed by atoms with Crippen molar-refractivity contribution in [3.05, 3.63) is 30.8 Å². The number of ether oxygens (including phenoxy) is 1. The van der Waals surface area contributed by atoms with Crippen LogP contribution in [0, 0.1) is 6.92 Å². The highest BCUT2D eigenvalue weighted by Gasteiger charge is 2.05. The van der Waals surface area contributed by atoms with Crippen LogP contribution in [0.25, 0.3) is 0 Å². The highest BCUT2D eigenvalue weighted by Crippen LogP contribution is 2.05. The molecule has 0 amide bonds. The molecule has 0 aromatic carbocycles. The van der Waals surface area contributed by atoms with Gasteiger partial charge >= 0.3 is 0 Å². The smallest absolute Gasteiger partial charge is 0.0997 e. The Kier molecular flexibility index (Phi) is 4.89. The van der Waals surface area contributed by atoms with E-state index < -0.39 is 0 Å². The van der Waals surface area contributed by atoms with E-state index in [-0.39, 0.29) is 5.60 Å². The molecule has 0 aliphatic carbocycles. The molecule has 0 unspecified atom stereocenters. The Hall–Kier alpha value is -1.25. The number of hydrogen-bond acceptors (Lipinski definition) is 2. The van der Waals surface area contributed by atoms with Gasteiger partial charge in [-0.1, -0.05) is 6.58 Å². The lowest BCUT2D eigenvalue weighted by Crippen LogP contribution is -2.14. The fourth-order valence-corrected chi connectivity index (χ4v) is 0.565. The first kappa shape index (κ1) is 11.8. The zero-order valence-electron chi connectivity index (χ0n) is 8.79. The minimum Gasteiger partial charge on any atom is -0.496 e. The predicted octanol–water partition coefficient (Wildman–Crippen LogP) is 2.66. The van der Waals surface area contributed by atoms with Crippen LogP contribution in [0.4, 0.5) is 0 Å². The van der Waals surface area contributed by atoms with Crippen LogP contribution in [-0.4, -0.2) is 15.8 Å². The van der Waals surface area contributed by atoms with Crippen molar-refractivity contribution in [1.82, 2.24) is 10.2 Å². The predicted molar refractivity (Wildman–Crippen MR) is 54.4 cm³/mol. The molecule has 0 aliphatic rings. The second kappa shape index (κ2) is 5.41. The molecule has 1 aromatic heterocycles. The van der Waals surface area contributed by atoms with Gasteiger partial charge in [-0.25, -0.2) is 0 Å². The molecule has 0 radical (unpaired) electrons. The minimum atomic E-state index is -0.0677. The molecule has 3 heteroatoms. The van der Waals surface area contributed by atoms with Crippen molar-refractivity contribution in [3.8, 4) is 0 Å². The van der Waals surface area contributed by atoms with Crippen molar-refractivity contribution in [2.45, 2.75) is 33.3 Å². The van der Waals surface area contributed by atoms with Crippen LogP contribution in [0.15, 0.2) is 25.2 Å². The third-order valence-corrected chi connectivity index (χ3v) is 1.07. The fraction of sp³-hybridized carbons (Fsp3) is 0.500. The first-order valence-electron chi connectivity index (χ1n) is 4.20. The van der Waals surface area contributed by atoms with Gasteiger partial charge in [0.1, 0.15) is 0 Å². The standard InChI is InChI=1S/C6H12O.C4H6N2/c1-5-7-6(2,3)4;1-4-2-5-6-3-4/h5H,1H2,2-4H3;2-3H,1H3,(H,5,6). The molecule has 0 atom stereocenters. The number of aromatic nitrogens is 2. The lowest BCUT2D eigenvalue weighted by atomic mass is 10.2. The lowest BCUT2D eigenvalue weighted by Gasteiger charge is -2.16. The average molecular weight is 182 g/mol. The SMILES string of the molecule is C=COC(C)(C)C.Cc1cn[nH]c1. The summed E-state index contributed by atoms with van der Waals surface area (Å²) < 4.78 is 4.99. The molecule has 1 aromatic rings. The van der Waals surface area contributed by atoms with E-state index in [0.717, 1.165) is 0 Å². The van der Waals surface area contributed by atoms with Crippen LogP contribution in [0.2, 0.25) is 0 Å². The molecule has 0 saturated carbocycles. The Balaban J connectivity index is 0.000000223. The van der Waals surface area contributed by atoms with E-state index in [2.05, 4.69) is 16.8 Å². The van der Waals surface area contributed by atoms with Gasteiger partial charge in [0.25, 0.3) is 0 Å². The van der Waals surface area contributed by atoms with Gasteiger partial charge in [0.15, 0.2) is 0 Å². The molecule has 1 heterocycles. The van der Waals surface area contributed by atoms with Crippen molar-refractivity contribution in [3.63, 3.8) is 0 Å². The molecule has 0 aliphatic heterocycles. The molecule has 0 fully saturated rings. The second-order valence-electron chi connectivity index (χ2n) is 3.67. The van der Waals surface area contributed by atoms with E-state index in [0.29, 0.717) is 0 Å².